The number of benzene rings is 1. The van der Waals surface area contributed by atoms with Crippen LogP contribution in [0.4, 0.5) is 0 Å². The third kappa shape index (κ3) is 3.22. The van der Waals surface area contributed by atoms with Gasteiger partial charge >= 0.3 is 5.97 Å². The molecule has 1 fully saturated rings. The van der Waals surface area contributed by atoms with Gasteiger partial charge in [0.15, 0.2) is 0 Å². The molecular formula is C13H16BrNO5S. The largest absolute Gasteiger partial charge is 0.495 e. The van der Waals surface area contributed by atoms with Crippen LogP contribution < -0.4 is 9.46 Å². The van der Waals surface area contributed by atoms with E-state index in [1.807, 2.05) is 0 Å². The Hall–Kier alpha value is -1.12. The summed E-state index contributed by atoms with van der Waals surface area (Å²) in [5.41, 5.74) is -1.51. The predicted octanol–water partition coefficient (Wildman–Crippen LogP) is 1.99. The summed E-state index contributed by atoms with van der Waals surface area (Å²) in [5, 5.41) is 9.37. The molecule has 0 aromatic heterocycles. The topological polar surface area (TPSA) is 92.7 Å². The van der Waals surface area contributed by atoms with E-state index in [-0.39, 0.29) is 16.6 Å². The van der Waals surface area contributed by atoms with Gasteiger partial charge in [0.2, 0.25) is 10.0 Å². The Morgan fingerprint density at radius 3 is 2.57 bits per heavy atom. The van der Waals surface area contributed by atoms with Crippen LogP contribution in [0.3, 0.4) is 0 Å². The zero-order valence-electron chi connectivity index (χ0n) is 11.6. The van der Waals surface area contributed by atoms with E-state index in [2.05, 4.69) is 20.7 Å². The Bertz CT molecular complexity index is 671. The zero-order valence-corrected chi connectivity index (χ0v) is 14.0. The molecule has 0 saturated heterocycles. The Morgan fingerprint density at radius 1 is 1.48 bits per heavy atom. The quantitative estimate of drug-likeness (QED) is 0.790. The number of hydrogen-bond acceptors (Lipinski definition) is 4. The molecule has 1 aliphatic carbocycles. The first kappa shape index (κ1) is 16.3. The molecule has 0 heterocycles. The molecule has 8 heteroatoms. The van der Waals surface area contributed by atoms with Crippen molar-refractivity contribution in [3.05, 3.63) is 22.7 Å². The van der Waals surface area contributed by atoms with Crippen LogP contribution in [-0.4, -0.2) is 32.1 Å². The molecule has 1 aliphatic rings. The van der Waals surface area contributed by atoms with Crippen molar-refractivity contribution < 1.29 is 23.1 Å². The van der Waals surface area contributed by atoms with E-state index < -0.39 is 21.5 Å². The highest BCUT2D eigenvalue weighted by Gasteiger charge is 2.50. The maximum atomic E-state index is 12.5. The van der Waals surface area contributed by atoms with Gasteiger partial charge in [-0.25, -0.2) is 8.42 Å². The van der Waals surface area contributed by atoms with E-state index in [0.717, 1.165) is 0 Å². The molecule has 2 rings (SSSR count). The fraction of sp³-hybridized carbons (Fsp3) is 0.462. The molecule has 1 atom stereocenters. The number of halogens is 1. The molecule has 0 amide bonds. The van der Waals surface area contributed by atoms with Crippen molar-refractivity contribution in [3.63, 3.8) is 0 Å². The SMILES string of the molecule is COc1ccc(Br)cc1S(=O)(=O)NC(C)(C(=O)O)C1CC1. The van der Waals surface area contributed by atoms with Gasteiger partial charge in [-0.3, -0.25) is 4.79 Å². The molecular weight excluding hydrogens is 362 g/mol. The van der Waals surface area contributed by atoms with Crippen molar-refractivity contribution in [3.8, 4) is 5.75 Å². The summed E-state index contributed by atoms with van der Waals surface area (Å²) in [4.78, 5) is 11.4. The molecule has 1 saturated carbocycles. The molecule has 0 spiro atoms. The first-order chi connectivity index (χ1) is 9.70. The molecule has 0 aliphatic heterocycles. The van der Waals surface area contributed by atoms with Crippen LogP contribution in [0.1, 0.15) is 19.8 Å². The molecule has 0 radical (unpaired) electrons. The van der Waals surface area contributed by atoms with Crippen LogP contribution in [0.25, 0.3) is 0 Å². The van der Waals surface area contributed by atoms with Gasteiger partial charge in [-0.15, -0.1) is 0 Å². The molecule has 2 N–H and O–H groups in total. The standard InChI is InChI=1S/C13H16BrNO5S/c1-13(12(16)17,8-3-4-8)15-21(18,19)11-7-9(14)5-6-10(11)20-2/h5-8,15H,3-4H2,1-2H3,(H,16,17). The summed E-state index contributed by atoms with van der Waals surface area (Å²) in [7, 11) is -2.66. The summed E-state index contributed by atoms with van der Waals surface area (Å²) in [6.07, 6.45) is 1.39. The smallest absolute Gasteiger partial charge is 0.324 e. The van der Waals surface area contributed by atoms with Crippen molar-refractivity contribution >= 4 is 31.9 Å². The van der Waals surface area contributed by atoms with Gasteiger partial charge in [-0.1, -0.05) is 15.9 Å². The molecule has 0 bridgehead atoms. The lowest BCUT2D eigenvalue weighted by Crippen LogP contribution is -2.53. The van der Waals surface area contributed by atoms with E-state index >= 15 is 0 Å². The predicted molar refractivity (Wildman–Crippen MR) is 79.8 cm³/mol. The van der Waals surface area contributed by atoms with Gasteiger partial charge in [-0.2, -0.15) is 4.72 Å². The Kier molecular flexibility index (Phi) is 4.32. The second-order valence-electron chi connectivity index (χ2n) is 5.18. The minimum Gasteiger partial charge on any atom is -0.495 e. The van der Waals surface area contributed by atoms with Crippen molar-refractivity contribution in [1.29, 1.82) is 0 Å². The van der Waals surface area contributed by atoms with Crippen LogP contribution in [0.2, 0.25) is 0 Å². The summed E-state index contributed by atoms with van der Waals surface area (Å²) >= 11 is 3.20. The summed E-state index contributed by atoms with van der Waals surface area (Å²) < 4.78 is 33.0. The van der Waals surface area contributed by atoms with Crippen molar-refractivity contribution in [1.82, 2.24) is 4.72 Å². The average Bonchev–Trinajstić information content (AvgIpc) is 3.22. The Labute approximate surface area is 131 Å². The third-order valence-electron chi connectivity index (χ3n) is 3.60. The normalized spacial score (nSPS) is 18.0. The number of carbonyl (C=O) groups is 1. The van der Waals surface area contributed by atoms with Crippen LogP contribution in [0, 0.1) is 5.92 Å². The van der Waals surface area contributed by atoms with Crippen LogP contribution in [0.5, 0.6) is 5.75 Å². The zero-order chi connectivity index (χ0) is 15.8. The lowest BCUT2D eigenvalue weighted by molar-refractivity contribution is -0.144. The number of hydrogen-bond donors (Lipinski definition) is 2. The van der Waals surface area contributed by atoms with E-state index in [9.17, 15) is 18.3 Å². The maximum absolute atomic E-state index is 12.5. The van der Waals surface area contributed by atoms with Crippen molar-refractivity contribution in [2.45, 2.75) is 30.2 Å². The van der Waals surface area contributed by atoms with Gasteiger partial charge < -0.3 is 9.84 Å². The molecule has 116 valence electrons. The second-order valence-corrected chi connectivity index (χ2v) is 7.75. The minimum absolute atomic E-state index is 0.0903. The van der Waals surface area contributed by atoms with Crippen molar-refractivity contribution in [2.75, 3.05) is 7.11 Å². The highest BCUT2D eigenvalue weighted by molar-refractivity contribution is 9.10. The van der Waals surface area contributed by atoms with Crippen LogP contribution in [-0.2, 0) is 14.8 Å². The Morgan fingerprint density at radius 2 is 2.10 bits per heavy atom. The molecule has 1 unspecified atom stereocenters. The lowest BCUT2D eigenvalue weighted by Gasteiger charge is -2.26. The number of sulfonamides is 1. The molecule has 6 nitrogen and oxygen atoms in total. The lowest BCUT2D eigenvalue weighted by atomic mass is 9.98. The van der Waals surface area contributed by atoms with E-state index in [4.69, 9.17) is 4.74 Å². The fourth-order valence-corrected chi connectivity index (χ4v) is 4.29. The first-order valence-electron chi connectivity index (χ1n) is 6.31. The highest BCUT2D eigenvalue weighted by atomic mass is 79.9. The Balaban J connectivity index is 2.43. The maximum Gasteiger partial charge on any atom is 0.324 e. The summed E-state index contributed by atoms with van der Waals surface area (Å²) in [6, 6.07) is 4.54. The number of ether oxygens (including phenoxy) is 1. The molecule has 1 aromatic carbocycles. The van der Waals surface area contributed by atoms with E-state index in [1.54, 1.807) is 6.07 Å². The number of methoxy groups -OCH3 is 1. The van der Waals surface area contributed by atoms with Crippen LogP contribution >= 0.6 is 15.9 Å². The number of carboxylic acid groups (broad SMARTS) is 1. The van der Waals surface area contributed by atoms with E-state index in [0.29, 0.717) is 17.3 Å². The first-order valence-corrected chi connectivity index (χ1v) is 8.59. The highest BCUT2D eigenvalue weighted by Crippen LogP contribution is 2.41. The fourth-order valence-electron chi connectivity index (χ4n) is 2.16. The summed E-state index contributed by atoms with van der Waals surface area (Å²) in [6.45, 7) is 1.40. The second kappa shape index (κ2) is 5.58. The van der Waals surface area contributed by atoms with Gasteiger partial charge in [0, 0.05) is 4.47 Å². The number of aliphatic carboxylic acids is 1. The van der Waals surface area contributed by atoms with Crippen LogP contribution in [0.15, 0.2) is 27.6 Å². The molecule has 21 heavy (non-hydrogen) atoms. The van der Waals surface area contributed by atoms with Crippen molar-refractivity contribution in [2.24, 2.45) is 5.92 Å². The van der Waals surface area contributed by atoms with Gasteiger partial charge in [-0.05, 0) is 43.9 Å². The minimum atomic E-state index is -4.02. The number of nitrogens with one attached hydrogen (secondary N) is 1. The third-order valence-corrected chi connectivity index (χ3v) is 5.68. The molecule has 1 aromatic rings. The van der Waals surface area contributed by atoms with Gasteiger partial charge in [0.05, 0.1) is 7.11 Å². The van der Waals surface area contributed by atoms with Gasteiger partial charge in [0.1, 0.15) is 16.2 Å². The monoisotopic (exact) mass is 377 g/mol. The van der Waals surface area contributed by atoms with E-state index in [1.165, 1.54) is 26.2 Å². The number of rotatable bonds is 6. The average molecular weight is 378 g/mol. The number of carboxylic acids is 1. The summed E-state index contributed by atoms with van der Waals surface area (Å²) in [5.74, 6) is -1.21. The van der Waals surface area contributed by atoms with Gasteiger partial charge in [0.25, 0.3) is 0 Å².